The molecule has 1 rings (SSSR count). The number of aromatic nitrogens is 3. The molecule has 0 bridgehead atoms. The summed E-state index contributed by atoms with van der Waals surface area (Å²) in [5.74, 6) is -0.320. The highest BCUT2D eigenvalue weighted by Gasteiger charge is 2.04. The van der Waals surface area contributed by atoms with E-state index in [9.17, 15) is 4.79 Å². The van der Waals surface area contributed by atoms with E-state index in [0.717, 1.165) is 13.0 Å². The molecule has 0 fully saturated rings. The Labute approximate surface area is 81.5 Å². The van der Waals surface area contributed by atoms with Crippen LogP contribution < -0.4 is 0 Å². The van der Waals surface area contributed by atoms with E-state index in [1.165, 1.54) is 6.33 Å². The molecule has 0 atom stereocenters. The van der Waals surface area contributed by atoms with Gasteiger partial charge in [0.1, 0.15) is 19.5 Å². The number of hydrogen-bond acceptors (Lipinski definition) is 4. The lowest BCUT2D eigenvalue weighted by Crippen LogP contribution is -2.11. The number of ether oxygens (including phenoxy) is 1. The van der Waals surface area contributed by atoms with E-state index >= 15 is 0 Å². The van der Waals surface area contributed by atoms with Gasteiger partial charge in [0.15, 0.2) is 5.82 Å². The minimum atomic E-state index is -0.980. The molecule has 1 heterocycles. The molecular formula is C8H13N3O3. The van der Waals surface area contributed by atoms with Crippen molar-refractivity contribution in [3.63, 3.8) is 0 Å². The maximum absolute atomic E-state index is 10.2. The third-order valence-corrected chi connectivity index (χ3v) is 1.59. The van der Waals surface area contributed by atoms with E-state index in [1.807, 2.05) is 6.92 Å². The van der Waals surface area contributed by atoms with Crippen molar-refractivity contribution in [2.75, 3.05) is 6.61 Å². The van der Waals surface area contributed by atoms with Gasteiger partial charge in [-0.25, -0.2) is 14.5 Å². The topological polar surface area (TPSA) is 77.2 Å². The summed E-state index contributed by atoms with van der Waals surface area (Å²) in [6.07, 6.45) is 2.39. The van der Waals surface area contributed by atoms with Gasteiger partial charge in [0.25, 0.3) is 0 Å². The molecule has 0 spiro atoms. The van der Waals surface area contributed by atoms with Crippen LogP contribution in [0.5, 0.6) is 0 Å². The first-order valence-electron chi connectivity index (χ1n) is 4.40. The van der Waals surface area contributed by atoms with Crippen molar-refractivity contribution in [2.24, 2.45) is 0 Å². The molecule has 1 N–H and O–H groups in total. The van der Waals surface area contributed by atoms with Gasteiger partial charge in [-0.15, -0.1) is 0 Å². The number of carboxylic acid groups (broad SMARTS) is 1. The zero-order valence-electron chi connectivity index (χ0n) is 8.01. The summed E-state index contributed by atoms with van der Waals surface area (Å²) in [4.78, 5) is 14.1. The number of aryl methyl sites for hydroxylation is 1. The standard InChI is InChI=1S/C8H13N3O3/c1-2-3-11-7(9-6-10-11)4-14-5-8(12)13/h6H,2-5H2,1H3,(H,12,13). The SMILES string of the molecule is CCCn1ncnc1COCC(=O)O. The van der Waals surface area contributed by atoms with Gasteiger partial charge in [-0.05, 0) is 6.42 Å². The van der Waals surface area contributed by atoms with Crippen molar-refractivity contribution >= 4 is 5.97 Å². The fraction of sp³-hybridized carbons (Fsp3) is 0.625. The van der Waals surface area contributed by atoms with Crippen LogP contribution in [0.3, 0.4) is 0 Å². The van der Waals surface area contributed by atoms with E-state index in [2.05, 4.69) is 10.1 Å². The van der Waals surface area contributed by atoms with Gasteiger partial charge in [0, 0.05) is 6.54 Å². The van der Waals surface area contributed by atoms with Crippen LogP contribution in [0.2, 0.25) is 0 Å². The van der Waals surface area contributed by atoms with Crippen LogP contribution in [0.4, 0.5) is 0 Å². The van der Waals surface area contributed by atoms with Crippen molar-refractivity contribution in [1.82, 2.24) is 14.8 Å². The van der Waals surface area contributed by atoms with Crippen LogP contribution in [0.1, 0.15) is 19.2 Å². The van der Waals surface area contributed by atoms with E-state index < -0.39 is 5.97 Å². The van der Waals surface area contributed by atoms with Gasteiger partial charge in [-0.3, -0.25) is 0 Å². The Hall–Kier alpha value is -1.43. The highest BCUT2D eigenvalue weighted by molar-refractivity contribution is 5.67. The summed E-state index contributed by atoms with van der Waals surface area (Å²) in [7, 11) is 0. The molecule has 1 aromatic heterocycles. The third kappa shape index (κ3) is 3.14. The molecule has 0 saturated heterocycles. The van der Waals surface area contributed by atoms with Gasteiger partial charge in [-0.1, -0.05) is 6.92 Å². The molecule has 78 valence electrons. The lowest BCUT2D eigenvalue weighted by molar-refractivity contribution is -0.142. The van der Waals surface area contributed by atoms with Gasteiger partial charge >= 0.3 is 5.97 Å². The van der Waals surface area contributed by atoms with Crippen LogP contribution >= 0.6 is 0 Å². The van der Waals surface area contributed by atoms with Crippen LogP contribution in [0.25, 0.3) is 0 Å². The molecule has 0 unspecified atom stereocenters. The van der Waals surface area contributed by atoms with Crippen molar-refractivity contribution < 1.29 is 14.6 Å². The first-order valence-corrected chi connectivity index (χ1v) is 4.40. The molecule has 6 nitrogen and oxygen atoms in total. The maximum Gasteiger partial charge on any atom is 0.329 e. The second kappa shape index (κ2) is 5.33. The second-order valence-electron chi connectivity index (χ2n) is 2.79. The molecule has 14 heavy (non-hydrogen) atoms. The monoisotopic (exact) mass is 199 g/mol. The predicted molar refractivity (Wildman–Crippen MR) is 47.6 cm³/mol. The number of hydrogen-bond donors (Lipinski definition) is 1. The Balaban J connectivity index is 2.41. The van der Waals surface area contributed by atoms with Crippen LogP contribution in [-0.2, 0) is 22.7 Å². The lowest BCUT2D eigenvalue weighted by atomic mass is 10.5. The molecule has 0 aliphatic carbocycles. The van der Waals surface area contributed by atoms with Gasteiger partial charge < -0.3 is 9.84 Å². The highest BCUT2D eigenvalue weighted by Crippen LogP contribution is 1.97. The van der Waals surface area contributed by atoms with E-state index in [0.29, 0.717) is 5.82 Å². The number of nitrogens with zero attached hydrogens (tertiary/aromatic N) is 3. The Kier molecular flexibility index (Phi) is 4.06. The highest BCUT2D eigenvalue weighted by atomic mass is 16.5. The van der Waals surface area contributed by atoms with Crippen LogP contribution in [-0.4, -0.2) is 32.4 Å². The lowest BCUT2D eigenvalue weighted by Gasteiger charge is -2.03. The fourth-order valence-electron chi connectivity index (χ4n) is 1.03. The predicted octanol–water partition coefficient (Wildman–Crippen LogP) is 0.289. The Bertz CT molecular complexity index is 298. The molecule has 6 heteroatoms. The first-order chi connectivity index (χ1) is 6.74. The Morgan fingerprint density at radius 2 is 2.50 bits per heavy atom. The minimum absolute atomic E-state index is 0.187. The molecule has 0 aliphatic heterocycles. The summed E-state index contributed by atoms with van der Waals surface area (Å²) < 4.78 is 6.61. The van der Waals surface area contributed by atoms with Crippen molar-refractivity contribution in [3.05, 3.63) is 12.2 Å². The quantitative estimate of drug-likeness (QED) is 0.712. The summed E-state index contributed by atoms with van der Waals surface area (Å²) >= 11 is 0. The number of rotatable bonds is 6. The smallest absolute Gasteiger partial charge is 0.329 e. The maximum atomic E-state index is 10.2. The summed E-state index contributed by atoms with van der Waals surface area (Å²) in [5, 5.41) is 12.3. The number of carbonyl (C=O) groups is 1. The zero-order chi connectivity index (χ0) is 10.4. The average Bonchev–Trinajstić information content (AvgIpc) is 2.53. The molecule has 0 radical (unpaired) electrons. The van der Waals surface area contributed by atoms with Gasteiger partial charge in [0.2, 0.25) is 0 Å². The minimum Gasteiger partial charge on any atom is -0.480 e. The Morgan fingerprint density at radius 1 is 1.71 bits per heavy atom. The molecular weight excluding hydrogens is 186 g/mol. The summed E-state index contributed by atoms with van der Waals surface area (Å²) in [6.45, 7) is 2.68. The average molecular weight is 199 g/mol. The molecule has 0 saturated carbocycles. The van der Waals surface area contributed by atoms with Crippen molar-refractivity contribution in [2.45, 2.75) is 26.5 Å². The summed E-state index contributed by atoms with van der Waals surface area (Å²) in [6, 6.07) is 0. The van der Waals surface area contributed by atoms with Crippen LogP contribution in [0, 0.1) is 0 Å². The van der Waals surface area contributed by atoms with E-state index in [4.69, 9.17) is 9.84 Å². The first kappa shape index (κ1) is 10.6. The second-order valence-corrected chi connectivity index (χ2v) is 2.79. The molecule has 0 aromatic carbocycles. The van der Waals surface area contributed by atoms with E-state index in [1.54, 1.807) is 4.68 Å². The van der Waals surface area contributed by atoms with Crippen molar-refractivity contribution in [3.8, 4) is 0 Å². The molecule has 0 amide bonds. The Morgan fingerprint density at radius 3 is 3.14 bits per heavy atom. The zero-order valence-corrected chi connectivity index (χ0v) is 8.01. The molecule has 1 aromatic rings. The third-order valence-electron chi connectivity index (χ3n) is 1.59. The van der Waals surface area contributed by atoms with Crippen LogP contribution in [0.15, 0.2) is 6.33 Å². The molecule has 0 aliphatic rings. The number of carboxylic acids is 1. The van der Waals surface area contributed by atoms with Gasteiger partial charge in [-0.2, -0.15) is 5.10 Å². The van der Waals surface area contributed by atoms with Gasteiger partial charge in [0.05, 0.1) is 0 Å². The fourth-order valence-corrected chi connectivity index (χ4v) is 1.03. The normalized spacial score (nSPS) is 10.4. The summed E-state index contributed by atoms with van der Waals surface area (Å²) in [5.41, 5.74) is 0. The number of aliphatic carboxylic acids is 1. The largest absolute Gasteiger partial charge is 0.480 e. The van der Waals surface area contributed by atoms with Crippen molar-refractivity contribution in [1.29, 1.82) is 0 Å². The van der Waals surface area contributed by atoms with E-state index in [-0.39, 0.29) is 13.2 Å².